The van der Waals surface area contributed by atoms with Crippen LogP contribution in [0.5, 0.6) is 11.5 Å². The van der Waals surface area contributed by atoms with Gasteiger partial charge in [-0.05, 0) is 73.4 Å². The summed E-state index contributed by atoms with van der Waals surface area (Å²) in [5.74, 6) is -0.827. The van der Waals surface area contributed by atoms with Gasteiger partial charge in [0.15, 0.2) is 9.84 Å². The fourth-order valence-corrected chi connectivity index (χ4v) is 7.08. The van der Waals surface area contributed by atoms with Crippen molar-refractivity contribution in [1.29, 1.82) is 5.26 Å². The normalized spacial score (nSPS) is 12.5. The molecule has 3 rings (SSSR count). The SMILES string of the molecule is CCCCCCCCCCC(C)COc1ccc(S(=O)(=O)C(CC)C(=O)Nc2cc(O)c(NC(=O)c3ccc(C#N)cc3)cc2Cl)cc1. The number of hydrogen-bond acceptors (Lipinski definition) is 7. The molecule has 0 fully saturated rings. The van der Waals surface area contributed by atoms with Gasteiger partial charge in [-0.3, -0.25) is 9.59 Å². The zero-order chi connectivity index (χ0) is 35.1. The van der Waals surface area contributed by atoms with Gasteiger partial charge in [0.25, 0.3) is 5.91 Å². The van der Waals surface area contributed by atoms with E-state index >= 15 is 0 Å². The van der Waals surface area contributed by atoms with Crippen LogP contribution < -0.4 is 15.4 Å². The number of hydrogen-bond donors (Lipinski definition) is 3. The molecule has 48 heavy (non-hydrogen) atoms. The van der Waals surface area contributed by atoms with Crippen LogP contribution in [0.1, 0.15) is 101 Å². The Morgan fingerprint density at radius 2 is 1.52 bits per heavy atom. The van der Waals surface area contributed by atoms with Crippen LogP contribution in [-0.2, 0) is 14.6 Å². The summed E-state index contributed by atoms with van der Waals surface area (Å²) in [5.41, 5.74) is 0.604. The number of phenolic OH excluding ortho intramolecular Hbond substituents is 1. The highest BCUT2D eigenvalue weighted by Crippen LogP contribution is 2.35. The van der Waals surface area contributed by atoms with Gasteiger partial charge in [-0.15, -0.1) is 0 Å². The van der Waals surface area contributed by atoms with Crippen LogP contribution in [0.3, 0.4) is 0 Å². The number of nitrogens with one attached hydrogen (secondary N) is 2. The number of nitrogens with zero attached hydrogens (tertiary/aromatic N) is 1. The Morgan fingerprint density at radius 1 is 0.896 bits per heavy atom. The second-order valence-corrected chi connectivity index (χ2v) is 14.6. The number of nitriles is 1. The first-order chi connectivity index (χ1) is 23.0. The van der Waals surface area contributed by atoms with E-state index < -0.39 is 32.7 Å². The van der Waals surface area contributed by atoms with Crippen molar-refractivity contribution in [2.24, 2.45) is 5.92 Å². The van der Waals surface area contributed by atoms with Crippen LogP contribution >= 0.6 is 11.6 Å². The molecule has 0 aliphatic carbocycles. The first kappa shape index (κ1) is 38.4. The smallest absolute Gasteiger partial charge is 0.255 e. The van der Waals surface area contributed by atoms with E-state index in [0.717, 1.165) is 12.5 Å². The highest BCUT2D eigenvalue weighted by atomic mass is 35.5. The summed E-state index contributed by atoms with van der Waals surface area (Å²) in [4.78, 5) is 25.8. The van der Waals surface area contributed by atoms with Crippen molar-refractivity contribution >= 4 is 44.6 Å². The third kappa shape index (κ3) is 11.3. The van der Waals surface area contributed by atoms with Gasteiger partial charge in [0.05, 0.1) is 39.5 Å². The van der Waals surface area contributed by atoms with Gasteiger partial charge >= 0.3 is 0 Å². The number of halogens is 1. The van der Waals surface area contributed by atoms with Gasteiger partial charge in [0.2, 0.25) is 5.91 Å². The zero-order valence-corrected chi connectivity index (χ0v) is 29.5. The van der Waals surface area contributed by atoms with Crippen LogP contribution in [0.25, 0.3) is 0 Å². The van der Waals surface area contributed by atoms with Crippen LogP contribution in [-0.4, -0.2) is 37.2 Å². The summed E-state index contributed by atoms with van der Waals surface area (Å²) < 4.78 is 32.9. The van der Waals surface area contributed by atoms with E-state index in [-0.39, 0.29) is 33.3 Å². The molecule has 0 aliphatic heterocycles. The van der Waals surface area contributed by atoms with E-state index in [2.05, 4.69) is 24.5 Å². The van der Waals surface area contributed by atoms with Crippen LogP contribution in [0.4, 0.5) is 11.4 Å². The van der Waals surface area contributed by atoms with E-state index in [1.807, 2.05) is 6.07 Å². The minimum absolute atomic E-state index is 0.00892. The third-order valence-corrected chi connectivity index (χ3v) is 10.7. The Morgan fingerprint density at radius 3 is 2.12 bits per heavy atom. The van der Waals surface area contributed by atoms with Gasteiger partial charge in [0, 0.05) is 11.6 Å². The molecular formula is C37H46ClN3O6S. The quantitative estimate of drug-likeness (QED) is 0.0838. The zero-order valence-electron chi connectivity index (χ0n) is 27.9. The van der Waals surface area contributed by atoms with Crippen molar-refractivity contribution in [1.82, 2.24) is 0 Å². The van der Waals surface area contributed by atoms with E-state index in [4.69, 9.17) is 21.6 Å². The number of rotatable bonds is 19. The summed E-state index contributed by atoms with van der Waals surface area (Å²) >= 11 is 6.35. The lowest BCUT2D eigenvalue weighted by Crippen LogP contribution is -2.34. The topological polar surface area (TPSA) is 146 Å². The van der Waals surface area contributed by atoms with E-state index in [1.54, 1.807) is 19.1 Å². The van der Waals surface area contributed by atoms with Gasteiger partial charge in [-0.25, -0.2) is 8.42 Å². The number of carbonyl (C=O) groups is 2. The van der Waals surface area contributed by atoms with Crippen molar-refractivity contribution in [2.45, 2.75) is 95.1 Å². The van der Waals surface area contributed by atoms with Crippen molar-refractivity contribution in [2.75, 3.05) is 17.2 Å². The average molecular weight is 696 g/mol. The Balaban J connectivity index is 1.55. The number of benzene rings is 3. The standard InChI is InChI=1S/C37H46ClN3O6S/c1-4-6-7-8-9-10-11-12-13-26(3)25-47-29-18-20-30(21-19-29)48(45,46)35(5-2)37(44)40-32-23-34(42)33(22-31(32)38)41-36(43)28-16-14-27(24-39)15-17-28/h14-23,26,35,42H,4-13,25H2,1-3H3,(H,40,44)(H,41,43). The van der Waals surface area contributed by atoms with Gasteiger partial charge < -0.3 is 20.5 Å². The molecule has 0 radical (unpaired) electrons. The lowest BCUT2D eigenvalue weighted by atomic mass is 10.0. The van der Waals surface area contributed by atoms with Gasteiger partial charge in [-0.2, -0.15) is 5.26 Å². The molecule has 0 heterocycles. The molecule has 258 valence electrons. The lowest BCUT2D eigenvalue weighted by Gasteiger charge is -2.18. The number of unbranched alkanes of at least 4 members (excludes halogenated alkanes) is 7. The number of ether oxygens (including phenoxy) is 1. The number of carbonyl (C=O) groups excluding carboxylic acids is 2. The van der Waals surface area contributed by atoms with E-state index in [1.165, 1.54) is 93.8 Å². The van der Waals surface area contributed by atoms with E-state index in [9.17, 15) is 23.1 Å². The van der Waals surface area contributed by atoms with E-state index in [0.29, 0.717) is 23.8 Å². The molecular weight excluding hydrogens is 650 g/mol. The minimum Gasteiger partial charge on any atom is -0.506 e. The number of phenols is 1. The molecule has 9 nitrogen and oxygen atoms in total. The maximum absolute atomic E-state index is 13.5. The van der Waals surface area contributed by atoms with Crippen molar-refractivity contribution in [3.05, 3.63) is 76.8 Å². The van der Waals surface area contributed by atoms with Crippen molar-refractivity contribution < 1.29 is 27.9 Å². The molecule has 0 saturated carbocycles. The summed E-state index contributed by atoms with van der Waals surface area (Å²) in [6.07, 6.45) is 11.3. The predicted octanol–water partition coefficient (Wildman–Crippen LogP) is 8.91. The first-order valence-electron chi connectivity index (χ1n) is 16.6. The summed E-state index contributed by atoms with van der Waals surface area (Å²) in [6.45, 7) is 6.50. The second-order valence-electron chi connectivity index (χ2n) is 12.1. The summed E-state index contributed by atoms with van der Waals surface area (Å²) in [7, 11) is -4.08. The maximum atomic E-state index is 13.5. The second kappa shape index (κ2) is 19.1. The van der Waals surface area contributed by atoms with Crippen LogP contribution in [0.2, 0.25) is 5.02 Å². The Kier molecular flexibility index (Phi) is 15.2. The third-order valence-electron chi connectivity index (χ3n) is 8.14. The van der Waals surface area contributed by atoms with Crippen molar-refractivity contribution in [3.63, 3.8) is 0 Å². The molecule has 0 aromatic heterocycles. The molecule has 2 amide bonds. The molecule has 11 heteroatoms. The highest BCUT2D eigenvalue weighted by Gasteiger charge is 2.33. The monoisotopic (exact) mass is 695 g/mol. The fraction of sp³-hybridized carbons (Fsp3) is 0.432. The van der Waals surface area contributed by atoms with Crippen LogP contribution in [0.15, 0.2) is 65.6 Å². The molecule has 0 spiro atoms. The number of sulfone groups is 1. The van der Waals surface area contributed by atoms with Gasteiger partial charge in [-0.1, -0.05) is 83.7 Å². The summed E-state index contributed by atoms with van der Waals surface area (Å²) in [6, 6.07) is 16.3. The number of amides is 2. The molecule has 3 aromatic carbocycles. The molecule has 2 atom stereocenters. The molecule has 2 unspecified atom stereocenters. The molecule has 3 aromatic rings. The Hall–Kier alpha value is -4.07. The minimum atomic E-state index is -4.08. The Labute approximate surface area is 289 Å². The van der Waals surface area contributed by atoms with Crippen LogP contribution in [0, 0.1) is 17.2 Å². The predicted molar refractivity (Wildman–Crippen MR) is 190 cm³/mol. The lowest BCUT2D eigenvalue weighted by molar-refractivity contribution is -0.115. The first-order valence-corrected chi connectivity index (χ1v) is 18.5. The molecule has 0 bridgehead atoms. The molecule has 3 N–H and O–H groups in total. The fourth-order valence-electron chi connectivity index (χ4n) is 5.25. The molecule has 0 aliphatic rings. The number of aromatic hydroxyl groups is 1. The highest BCUT2D eigenvalue weighted by molar-refractivity contribution is 7.92. The van der Waals surface area contributed by atoms with Gasteiger partial charge in [0.1, 0.15) is 16.7 Å². The summed E-state index contributed by atoms with van der Waals surface area (Å²) in [5, 5.41) is 23.1. The number of anilines is 2. The molecule has 0 saturated heterocycles. The Bertz CT molecular complexity index is 1650. The largest absolute Gasteiger partial charge is 0.506 e. The average Bonchev–Trinajstić information content (AvgIpc) is 3.07. The van der Waals surface area contributed by atoms with Crippen molar-refractivity contribution in [3.8, 4) is 17.6 Å². The maximum Gasteiger partial charge on any atom is 0.255 e.